The molecule has 34 heavy (non-hydrogen) atoms. The zero-order valence-corrected chi connectivity index (χ0v) is 20.1. The molecule has 0 aliphatic carbocycles. The number of benzene rings is 3. The van der Waals surface area contributed by atoms with Gasteiger partial charge in [0.15, 0.2) is 0 Å². The Balaban J connectivity index is 1.33. The average molecular weight is 476 g/mol. The SMILES string of the molecule is COc1cccc(Cn2cc(NC(=O)c3ccc(COc4cc(C)c(Cl)c(C)c4)cc3)cn2)c1. The van der Waals surface area contributed by atoms with Crippen LogP contribution in [0.4, 0.5) is 5.69 Å². The lowest BCUT2D eigenvalue weighted by Crippen LogP contribution is -2.11. The van der Waals surface area contributed by atoms with Crippen LogP contribution in [-0.2, 0) is 13.2 Å². The van der Waals surface area contributed by atoms with Crippen LogP contribution in [0.3, 0.4) is 0 Å². The van der Waals surface area contributed by atoms with Gasteiger partial charge < -0.3 is 14.8 Å². The van der Waals surface area contributed by atoms with E-state index in [9.17, 15) is 4.79 Å². The third kappa shape index (κ3) is 5.77. The van der Waals surface area contributed by atoms with Crippen molar-refractivity contribution in [3.05, 3.63) is 106 Å². The van der Waals surface area contributed by atoms with Crippen molar-refractivity contribution in [2.75, 3.05) is 12.4 Å². The van der Waals surface area contributed by atoms with Crippen LogP contribution >= 0.6 is 11.6 Å². The molecule has 3 aromatic carbocycles. The molecule has 0 atom stereocenters. The summed E-state index contributed by atoms with van der Waals surface area (Å²) in [6.07, 6.45) is 3.44. The smallest absolute Gasteiger partial charge is 0.255 e. The molecule has 0 aliphatic heterocycles. The van der Waals surface area contributed by atoms with Gasteiger partial charge in [-0.1, -0.05) is 35.9 Å². The number of amides is 1. The summed E-state index contributed by atoms with van der Waals surface area (Å²) in [5.41, 5.74) is 5.18. The van der Waals surface area contributed by atoms with Crippen LogP contribution in [0.1, 0.15) is 32.6 Å². The lowest BCUT2D eigenvalue weighted by molar-refractivity contribution is 0.102. The highest BCUT2D eigenvalue weighted by atomic mass is 35.5. The second-order valence-corrected chi connectivity index (χ2v) is 8.47. The highest BCUT2D eigenvalue weighted by Crippen LogP contribution is 2.26. The number of halogens is 1. The van der Waals surface area contributed by atoms with E-state index in [1.807, 2.05) is 62.4 Å². The molecule has 7 heteroatoms. The molecule has 6 nitrogen and oxygen atoms in total. The lowest BCUT2D eigenvalue weighted by atomic mass is 10.1. The van der Waals surface area contributed by atoms with Crippen LogP contribution in [-0.4, -0.2) is 22.8 Å². The third-order valence-electron chi connectivity index (χ3n) is 5.40. The molecule has 1 aromatic heterocycles. The summed E-state index contributed by atoms with van der Waals surface area (Å²) in [4.78, 5) is 12.7. The Morgan fingerprint density at radius 1 is 1.00 bits per heavy atom. The van der Waals surface area contributed by atoms with Gasteiger partial charge in [0.05, 0.1) is 25.5 Å². The van der Waals surface area contributed by atoms with Crippen molar-refractivity contribution in [1.82, 2.24) is 9.78 Å². The van der Waals surface area contributed by atoms with Crippen LogP contribution in [0.5, 0.6) is 11.5 Å². The molecular weight excluding hydrogens is 450 g/mol. The number of aryl methyl sites for hydroxylation is 2. The Hall–Kier alpha value is -3.77. The maximum Gasteiger partial charge on any atom is 0.255 e. The van der Waals surface area contributed by atoms with E-state index in [0.29, 0.717) is 24.4 Å². The Bertz CT molecular complexity index is 1280. The van der Waals surface area contributed by atoms with Crippen LogP contribution in [0, 0.1) is 13.8 Å². The highest BCUT2D eigenvalue weighted by Gasteiger charge is 2.09. The Morgan fingerprint density at radius 2 is 1.74 bits per heavy atom. The number of carbonyl (C=O) groups excluding carboxylic acids is 1. The number of aromatic nitrogens is 2. The zero-order chi connectivity index (χ0) is 24.1. The quantitative estimate of drug-likeness (QED) is 0.337. The minimum atomic E-state index is -0.197. The number of methoxy groups -OCH3 is 1. The lowest BCUT2D eigenvalue weighted by Gasteiger charge is -2.10. The number of anilines is 1. The first-order chi connectivity index (χ1) is 16.4. The summed E-state index contributed by atoms with van der Waals surface area (Å²) in [6.45, 7) is 4.89. The molecule has 1 amide bonds. The fourth-order valence-electron chi connectivity index (χ4n) is 3.58. The molecule has 4 rings (SSSR count). The predicted octanol–water partition coefficient (Wildman–Crippen LogP) is 6.04. The fraction of sp³-hybridized carbons (Fsp3) is 0.185. The van der Waals surface area contributed by atoms with Crippen LogP contribution < -0.4 is 14.8 Å². The van der Waals surface area contributed by atoms with Gasteiger partial charge in [0.25, 0.3) is 5.91 Å². The van der Waals surface area contributed by atoms with Crippen molar-refractivity contribution in [3.63, 3.8) is 0 Å². The molecule has 0 saturated carbocycles. The summed E-state index contributed by atoms with van der Waals surface area (Å²) >= 11 is 6.22. The van der Waals surface area contributed by atoms with Gasteiger partial charge >= 0.3 is 0 Å². The Kier molecular flexibility index (Phi) is 7.18. The molecule has 174 valence electrons. The monoisotopic (exact) mass is 475 g/mol. The number of carbonyl (C=O) groups is 1. The molecule has 4 aromatic rings. The maximum absolute atomic E-state index is 12.7. The van der Waals surface area contributed by atoms with Crippen molar-refractivity contribution in [2.24, 2.45) is 0 Å². The number of rotatable bonds is 8. The van der Waals surface area contributed by atoms with E-state index in [1.165, 1.54) is 0 Å². The Labute approximate surface area is 204 Å². The van der Waals surface area contributed by atoms with Crippen molar-refractivity contribution in [3.8, 4) is 11.5 Å². The number of hydrogen-bond acceptors (Lipinski definition) is 4. The van der Waals surface area contributed by atoms with E-state index in [4.69, 9.17) is 21.1 Å². The summed E-state index contributed by atoms with van der Waals surface area (Å²) in [6, 6.07) is 19.0. The van der Waals surface area contributed by atoms with Gasteiger partial charge in [-0.2, -0.15) is 5.10 Å². The van der Waals surface area contributed by atoms with Crippen LogP contribution in [0.2, 0.25) is 5.02 Å². The van der Waals surface area contributed by atoms with Gasteiger partial charge in [0, 0.05) is 16.8 Å². The zero-order valence-electron chi connectivity index (χ0n) is 19.3. The van der Waals surface area contributed by atoms with E-state index in [0.717, 1.165) is 38.8 Å². The van der Waals surface area contributed by atoms with Crippen molar-refractivity contribution < 1.29 is 14.3 Å². The average Bonchev–Trinajstić information content (AvgIpc) is 3.28. The minimum absolute atomic E-state index is 0.197. The third-order valence-corrected chi connectivity index (χ3v) is 6.00. The summed E-state index contributed by atoms with van der Waals surface area (Å²) < 4.78 is 12.9. The maximum atomic E-state index is 12.7. The van der Waals surface area contributed by atoms with Crippen LogP contribution in [0.15, 0.2) is 73.1 Å². The Morgan fingerprint density at radius 3 is 2.44 bits per heavy atom. The van der Waals surface area contributed by atoms with Gasteiger partial charge in [-0.3, -0.25) is 9.48 Å². The second kappa shape index (κ2) is 10.4. The predicted molar refractivity (Wildman–Crippen MR) is 134 cm³/mol. The highest BCUT2D eigenvalue weighted by molar-refractivity contribution is 6.32. The molecule has 0 spiro atoms. The molecule has 0 radical (unpaired) electrons. The summed E-state index contributed by atoms with van der Waals surface area (Å²) in [5.74, 6) is 1.37. The minimum Gasteiger partial charge on any atom is -0.497 e. The van der Waals surface area contributed by atoms with Gasteiger partial charge in [-0.05, 0) is 72.5 Å². The summed E-state index contributed by atoms with van der Waals surface area (Å²) in [7, 11) is 1.64. The normalized spacial score (nSPS) is 10.7. The van der Waals surface area contributed by atoms with Gasteiger partial charge in [-0.25, -0.2) is 0 Å². The summed E-state index contributed by atoms with van der Waals surface area (Å²) in [5, 5.41) is 7.98. The number of nitrogens with one attached hydrogen (secondary N) is 1. The van der Waals surface area contributed by atoms with Crippen molar-refractivity contribution in [2.45, 2.75) is 27.0 Å². The first kappa shape index (κ1) is 23.4. The molecular formula is C27H26ClN3O3. The molecule has 0 fully saturated rings. The number of hydrogen-bond donors (Lipinski definition) is 1. The van der Waals surface area contributed by atoms with Gasteiger partial charge in [-0.15, -0.1) is 0 Å². The molecule has 1 N–H and O–H groups in total. The van der Waals surface area contributed by atoms with E-state index >= 15 is 0 Å². The van der Waals surface area contributed by atoms with Crippen molar-refractivity contribution >= 4 is 23.2 Å². The fourth-order valence-corrected chi connectivity index (χ4v) is 3.69. The molecule has 0 saturated heterocycles. The van der Waals surface area contributed by atoms with Crippen LogP contribution in [0.25, 0.3) is 0 Å². The molecule has 0 aliphatic rings. The van der Waals surface area contributed by atoms with Gasteiger partial charge in [0.1, 0.15) is 18.1 Å². The van der Waals surface area contributed by atoms with E-state index < -0.39 is 0 Å². The number of ether oxygens (including phenoxy) is 2. The van der Waals surface area contributed by atoms with Gasteiger partial charge in [0.2, 0.25) is 0 Å². The number of nitrogens with zero attached hydrogens (tertiary/aromatic N) is 2. The largest absolute Gasteiger partial charge is 0.497 e. The standard InChI is InChI=1S/C27H26ClN3O3/c1-18-11-25(12-19(2)26(18)28)34-17-20-7-9-22(10-8-20)27(32)30-23-14-29-31(16-23)15-21-5-4-6-24(13-21)33-3/h4-14,16H,15,17H2,1-3H3,(H,30,32). The van der Waals surface area contributed by atoms with Crippen molar-refractivity contribution in [1.29, 1.82) is 0 Å². The second-order valence-electron chi connectivity index (χ2n) is 8.09. The van der Waals surface area contributed by atoms with E-state index in [2.05, 4.69) is 10.4 Å². The molecule has 1 heterocycles. The topological polar surface area (TPSA) is 65.4 Å². The molecule has 0 unspecified atom stereocenters. The molecule has 0 bridgehead atoms. The first-order valence-electron chi connectivity index (χ1n) is 10.9. The van der Waals surface area contributed by atoms with E-state index in [1.54, 1.807) is 36.3 Å². The first-order valence-corrected chi connectivity index (χ1v) is 11.2. The van der Waals surface area contributed by atoms with E-state index in [-0.39, 0.29) is 5.91 Å².